The Morgan fingerprint density at radius 3 is 2.60 bits per heavy atom. The molecule has 25 heavy (non-hydrogen) atoms. The smallest absolute Gasteiger partial charge is 0.321 e. The molecule has 0 radical (unpaired) electrons. The molecule has 1 aliphatic rings. The van der Waals surface area contributed by atoms with E-state index in [1.54, 1.807) is 24.5 Å². The van der Waals surface area contributed by atoms with Gasteiger partial charge in [0.25, 0.3) is 0 Å². The fraction of sp³-hybridized carbons (Fsp3) is 0.368. The zero-order valence-corrected chi connectivity index (χ0v) is 15.2. The SMILES string of the molecule is Cc1ccccc1[S+]([O-])CC1CCN(C(=O)Nc2ccncc2)CC1. The molecule has 6 heteroatoms. The molecule has 1 fully saturated rings. The number of rotatable bonds is 4. The third kappa shape index (κ3) is 4.74. The van der Waals surface area contributed by atoms with E-state index in [1.807, 2.05) is 36.1 Å². The number of carbonyl (C=O) groups is 1. The van der Waals surface area contributed by atoms with E-state index in [0.717, 1.165) is 29.0 Å². The van der Waals surface area contributed by atoms with Crippen molar-refractivity contribution in [3.8, 4) is 0 Å². The Hall–Kier alpha value is -2.05. The molecule has 0 bridgehead atoms. The standard InChI is InChI=1S/C19H23N3O2S/c1-15-4-2-3-5-18(15)25(24)14-16-8-12-22(13-9-16)19(23)21-17-6-10-20-11-7-17/h2-7,10-11,16H,8-9,12-14H2,1H3,(H,20,21,23). The summed E-state index contributed by atoms with van der Waals surface area (Å²) in [5.41, 5.74) is 1.83. The van der Waals surface area contributed by atoms with Crippen LogP contribution in [0.2, 0.25) is 0 Å². The number of aromatic nitrogens is 1. The van der Waals surface area contributed by atoms with E-state index < -0.39 is 11.2 Å². The second-order valence-corrected chi connectivity index (χ2v) is 7.84. The van der Waals surface area contributed by atoms with Crippen LogP contribution in [0.1, 0.15) is 18.4 Å². The summed E-state index contributed by atoms with van der Waals surface area (Å²) in [5.74, 6) is 1.07. The van der Waals surface area contributed by atoms with Crippen LogP contribution in [0, 0.1) is 12.8 Å². The first-order valence-electron chi connectivity index (χ1n) is 8.53. The molecule has 1 unspecified atom stereocenters. The van der Waals surface area contributed by atoms with Crippen LogP contribution in [0.25, 0.3) is 0 Å². The molecule has 1 atom stereocenters. The Labute approximate surface area is 151 Å². The number of amides is 2. The number of hydrogen-bond acceptors (Lipinski definition) is 3. The van der Waals surface area contributed by atoms with E-state index in [2.05, 4.69) is 10.3 Å². The number of nitrogens with zero attached hydrogens (tertiary/aromatic N) is 2. The van der Waals surface area contributed by atoms with Gasteiger partial charge in [0.05, 0.1) is 0 Å². The zero-order chi connectivity index (χ0) is 17.6. The predicted octanol–water partition coefficient (Wildman–Crippen LogP) is 3.44. The molecule has 132 valence electrons. The van der Waals surface area contributed by atoms with Crippen LogP contribution in [0.15, 0.2) is 53.7 Å². The van der Waals surface area contributed by atoms with Gasteiger partial charge in [-0.2, -0.15) is 0 Å². The van der Waals surface area contributed by atoms with Crippen LogP contribution in [-0.2, 0) is 11.2 Å². The Balaban J connectivity index is 1.48. The second-order valence-electron chi connectivity index (χ2n) is 6.37. The Morgan fingerprint density at radius 2 is 1.92 bits per heavy atom. The lowest BCUT2D eigenvalue weighted by molar-refractivity contribution is 0.187. The summed E-state index contributed by atoms with van der Waals surface area (Å²) in [6.45, 7) is 3.40. The minimum atomic E-state index is -0.972. The van der Waals surface area contributed by atoms with Crippen LogP contribution < -0.4 is 5.32 Å². The number of carbonyl (C=O) groups excluding carboxylic acids is 1. The van der Waals surface area contributed by atoms with Crippen molar-refractivity contribution in [1.29, 1.82) is 0 Å². The molecular formula is C19H23N3O2S. The van der Waals surface area contributed by atoms with Crippen molar-refractivity contribution in [3.05, 3.63) is 54.4 Å². The molecule has 1 N–H and O–H groups in total. The summed E-state index contributed by atoms with van der Waals surface area (Å²) >= 11 is -0.972. The first kappa shape index (κ1) is 17.8. The largest absolute Gasteiger partial charge is 0.611 e. The molecule has 1 saturated heterocycles. The molecule has 1 aliphatic heterocycles. The van der Waals surface area contributed by atoms with Gasteiger partial charge in [0, 0.05) is 42.7 Å². The molecule has 5 nitrogen and oxygen atoms in total. The fourth-order valence-electron chi connectivity index (χ4n) is 3.06. The van der Waals surface area contributed by atoms with Crippen LogP contribution in [0.3, 0.4) is 0 Å². The van der Waals surface area contributed by atoms with Crippen LogP contribution in [-0.4, -0.2) is 39.3 Å². The van der Waals surface area contributed by atoms with Crippen LogP contribution in [0.5, 0.6) is 0 Å². The summed E-state index contributed by atoms with van der Waals surface area (Å²) in [7, 11) is 0. The number of piperidine rings is 1. The summed E-state index contributed by atoms with van der Waals surface area (Å²) < 4.78 is 12.6. The Bertz CT molecular complexity index is 703. The van der Waals surface area contributed by atoms with Crippen molar-refractivity contribution >= 4 is 22.9 Å². The summed E-state index contributed by atoms with van der Waals surface area (Å²) in [6.07, 6.45) is 5.09. The van der Waals surface area contributed by atoms with Crippen molar-refractivity contribution < 1.29 is 9.35 Å². The number of nitrogens with one attached hydrogen (secondary N) is 1. The van der Waals surface area contributed by atoms with Gasteiger partial charge in [0.1, 0.15) is 5.75 Å². The van der Waals surface area contributed by atoms with Crippen molar-refractivity contribution in [2.45, 2.75) is 24.7 Å². The van der Waals surface area contributed by atoms with Crippen molar-refractivity contribution in [2.24, 2.45) is 5.92 Å². The first-order chi connectivity index (χ1) is 12.1. The van der Waals surface area contributed by atoms with Crippen LogP contribution >= 0.6 is 0 Å². The van der Waals surface area contributed by atoms with Gasteiger partial charge >= 0.3 is 6.03 Å². The second kappa shape index (κ2) is 8.36. The predicted molar refractivity (Wildman–Crippen MR) is 100 cm³/mol. The van der Waals surface area contributed by atoms with Gasteiger partial charge in [-0.1, -0.05) is 18.2 Å². The van der Waals surface area contributed by atoms with E-state index in [9.17, 15) is 9.35 Å². The number of pyridine rings is 1. The normalized spacial score (nSPS) is 16.5. The number of anilines is 1. The van der Waals surface area contributed by atoms with Gasteiger partial charge in [-0.3, -0.25) is 4.98 Å². The quantitative estimate of drug-likeness (QED) is 0.852. The first-order valence-corrected chi connectivity index (χ1v) is 9.85. The van der Waals surface area contributed by atoms with E-state index >= 15 is 0 Å². The molecule has 2 amide bonds. The number of benzene rings is 1. The van der Waals surface area contributed by atoms with Crippen molar-refractivity contribution in [2.75, 3.05) is 24.2 Å². The number of urea groups is 1. The Morgan fingerprint density at radius 1 is 1.24 bits per heavy atom. The van der Waals surface area contributed by atoms with Crippen molar-refractivity contribution in [1.82, 2.24) is 9.88 Å². The van der Waals surface area contributed by atoms with E-state index in [-0.39, 0.29) is 6.03 Å². The van der Waals surface area contributed by atoms with Crippen molar-refractivity contribution in [3.63, 3.8) is 0 Å². The lowest BCUT2D eigenvalue weighted by Gasteiger charge is -2.32. The summed E-state index contributed by atoms with van der Waals surface area (Å²) in [6, 6.07) is 11.3. The molecule has 3 rings (SSSR count). The lowest BCUT2D eigenvalue weighted by Crippen LogP contribution is -2.42. The van der Waals surface area contributed by atoms with Gasteiger partial charge in [0.15, 0.2) is 4.90 Å². The Kier molecular flexibility index (Phi) is 5.94. The van der Waals surface area contributed by atoms with Gasteiger partial charge in [0.2, 0.25) is 0 Å². The van der Waals surface area contributed by atoms with E-state index in [1.165, 1.54) is 0 Å². The average Bonchev–Trinajstić information content (AvgIpc) is 2.63. The third-order valence-corrected chi connectivity index (χ3v) is 6.28. The van der Waals surface area contributed by atoms with Gasteiger partial charge in [-0.15, -0.1) is 0 Å². The molecule has 0 aliphatic carbocycles. The monoisotopic (exact) mass is 357 g/mol. The third-order valence-electron chi connectivity index (χ3n) is 4.56. The zero-order valence-electron chi connectivity index (χ0n) is 14.4. The highest BCUT2D eigenvalue weighted by Gasteiger charge is 2.27. The minimum absolute atomic E-state index is 0.0790. The van der Waals surface area contributed by atoms with Gasteiger partial charge in [-0.25, -0.2) is 4.79 Å². The van der Waals surface area contributed by atoms with E-state index in [0.29, 0.717) is 24.8 Å². The molecule has 2 heterocycles. The summed E-state index contributed by atoms with van der Waals surface area (Å²) in [4.78, 5) is 19.0. The maximum Gasteiger partial charge on any atom is 0.321 e. The molecule has 0 saturated carbocycles. The highest BCUT2D eigenvalue weighted by Crippen LogP contribution is 2.24. The van der Waals surface area contributed by atoms with Crippen LogP contribution in [0.4, 0.5) is 10.5 Å². The molecular weight excluding hydrogens is 334 g/mol. The van der Waals surface area contributed by atoms with E-state index in [4.69, 9.17) is 0 Å². The highest BCUT2D eigenvalue weighted by atomic mass is 32.2. The average molecular weight is 357 g/mol. The highest BCUT2D eigenvalue weighted by molar-refractivity contribution is 7.91. The minimum Gasteiger partial charge on any atom is -0.611 e. The topological polar surface area (TPSA) is 68.3 Å². The molecule has 0 spiro atoms. The molecule has 1 aromatic heterocycles. The fourth-order valence-corrected chi connectivity index (χ4v) is 4.65. The van der Waals surface area contributed by atoms with Gasteiger partial charge in [-0.05, 0) is 49.1 Å². The maximum absolute atomic E-state index is 12.6. The molecule has 1 aromatic carbocycles. The number of hydrogen-bond donors (Lipinski definition) is 1. The molecule has 2 aromatic rings. The number of aryl methyl sites for hydroxylation is 1. The number of likely N-dealkylation sites (tertiary alicyclic amines) is 1. The maximum atomic E-state index is 12.6. The lowest BCUT2D eigenvalue weighted by atomic mass is 9.99. The van der Waals surface area contributed by atoms with Gasteiger partial charge < -0.3 is 14.8 Å². The summed E-state index contributed by atoms with van der Waals surface area (Å²) in [5, 5.41) is 2.89.